The second kappa shape index (κ2) is 17.1. The van der Waals surface area contributed by atoms with Gasteiger partial charge in [-0.05, 0) is 53.3 Å². The third kappa shape index (κ3) is 9.61. The molecule has 0 amide bonds. The zero-order valence-electron chi connectivity index (χ0n) is 23.7. The van der Waals surface area contributed by atoms with Crippen molar-refractivity contribution in [2.75, 3.05) is 13.7 Å². The molecule has 0 saturated carbocycles. The predicted octanol–water partition coefficient (Wildman–Crippen LogP) is 6.74. The first-order chi connectivity index (χ1) is 21.5. The number of methoxy groups -OCH3 is 1. The zero-order chi connectivity index (χ0) is 33.1. The molecule has 4 aromatic rings. The van der Waals surface area contributed by atoms with Crippen LogP contribution in [0.15, 0.2) is 84.2 Å². The van der Waals surface area contributed by atoms with Gasteiger partial charge in [-0.1, -0.05) is 83.3 Å². The fourth-order valence-electron chi connectivity index (χ4n) is 4.36. The number of carboxylic acids is 2. The number of rotatable bonds is 7. The number of aliphatic hydroxyl groups is 1. The Bertz CT molecular complexity index is 1660. The first-order valence-corrected chi connectivity index (χ1v) is 15.3. The number of carbonyl (C=O) groups excluding carboxylic acids is 2. The normalized spacial score (nSPS) is 13.4. The molecule has 0 saturated heterocycles. The molecule has 2 atom stereocenters. The van der Waals surface area contributed by atoms with E-state index < -0.39 is 29.9 Å². The number of nitrogens with zero attached hydrogens (tertiary/aromatic N) is 1. The molecule has 0 unspecified atom stereocenters. The molecule has 5 rings (SSSR count). The number of esters is 1. The molecule has 1 aliphatic heterocycles. The van der Waals surface area contributed by atoms with Crippen molar-refractivity contribution in [1.82, 2.24) is 4.90 Å². The molecule has 0 bridgehead atoms. The van der Waals surface area contributed by atoms with Gasteiger partial charge >= 0.3 is 17.9 Å². The van der Waals surface area contributed by atoms with E-state index in [2.05, 4.69) is 16.3 Å². The van der Waals surface area contributed by atoms with Crippen LogP contribution < -0.4 is 0 Å². The van der Waals surface area contributed by atoms with E-state index in [1.54, 1.807) is 35.6 Å². The van der Waals surface area contributed by atoms with Crippen LogP contribution in [0.2, 0.25) is 15.1 Å². The second-order valence-corrected chi connectivity index (χ2v) is 11.6. The fraction of sp³-hybridized carbons (Fsp3) is 0.188. The highest BCUT2D eigenvalue weighted by Crippen LogP contribution is 2.34. The highest BCUT2D eigenvalue weighted by atomic mass is 35.5. The lowest BCUT2D eigenvalue weighted by Crippen LogP contribution is -2.38. The SMILES string of the molecule is COC(=O)[C@H](c1ccccc1Cl)N1CCc2sccc2C1.O=C(O)C(=O)c1ccccc1Cl.O=C(O)[C@H](O)c1ccccc1Cl. The average Bonchev–Trinajstić information content (AvgIpc) is 3.50. The molecule has 9 nitrogen and oxygen atoms in total. The van der Waals surface area contributed by atoms with Crippen LogP contribution in [0, 0.1) is 0 Å². The third-order valence-corrected chi connectivity index (χ3v) is 8.61. The Morgan fingerprint density at radius 3 is 1.91 bits per heavy atom. The molecule has 2 heterocycles. The largest absolute Gasteiger partial charge is 0.479 e. The van der Waals surface area contributed by atoms with Crippen LogP contribution in [0.5, 0.6) is 0 Å². The standard InChI is InChI=1S/C16H16ClNO2S.C8H7ClO3.C8H5ClO3/c1-20-16(19)15(12-4-2-3-5-13(12)17)18-8-6-14-11(10-18)7-9-21-14;2*9-6-4-2-1-3-5(6)7(10)8(11)12/h2-5,7,9,15H,6,8,10H2,1H3;1-4,7,10H,(H,11,12);1-4H,(H,11,12)/t15-;7-;/m01./s1. The van der Waals surface area contributed by atoms with Crippen LogP contribution in [-0.2, 0) is 32.1 Å². The number of hydrogen-bond acceptors (Lipinski definition) is 8. The summed E-state index contributed by atoms with van der Waals surface area (Å²) in [5, 5.41) is 29.0. The van der Waals surface area contributed by atoms with E-state index in [9.17, 15) is 19.2 Å². The average molecular weight is 693 g/mol. The lowest BCUT2D eigenvalue weighted by atomic mass is 10.0. The molecule has 0 spiro atoms. The molecule has 3 N–H and O–H groups in total. The highest BCUT2D eigenvalue weighted by Gasteiger charge is 2.32. The fourth-order valence-corrected chi connectivity index (χ4v) is 5.95. The molecule has 13 heteroatoms. The van der Waals surface area contributed by atoms with E-state index in [0.29, 0.717) is 5.02 Å². The van der Waals surface area contributed by atoms with Gasteiger partial charge < -0.3 is 20.1 Å². The maximum atomic E-state index is 12.3. The van der Waals surface area contributed by atoms with E-state index in [1.165, 1.54) is 41.8 Å². The van der Waals surface area contributed by atoms with Crippen LogP contribution in [0.4, 0.5) is 0 Å². The van der Waals surface area contributed by atoms with Gasteiger partial charge in [0.15, 0.2) is 6.10 Å². The van der Waals surface area contributed by atoms with E-state index in [1.807, 2.05) is 24.3 Å². The minimum absolute atomic E-state index is 0.0201. The Hall–Kier alpha value is -3.77. The van der Waals surface area contributed by atoms with Gasteiger partial charge in [-0.3, -0.25) is 9.69 Å². The van der Waals surface area contributed by atoms with Crippen molar-refractivity contribution < 1.29 is 39.2 Å². The second-order valence-electron chi connectivity index (χ2n) is 9.41. The molecular formula is C32H28Cl3NO8S. The smallest absolute Gasteiger partial charge is 0.377 e. The van der Waals surface area contributed by atoms with Crippen molar-refractivity contribution >= 4 is 69.8 Å². The summed E-state index contributed by atoms with van der Waals surface area (Å²) in [6, 6.07) is 21.5. The molecular weight excluding hydrogens is 665 g/mol. The maximum Gasteiger partial charge on any atom is 0.377 e. The van der Waals surface area contributed by atoms with Crippen LogP contribution in [0.3, 0.4) is 0 Å². The summed E-state index contributed by atoms with van der Waals surface area (Å²) in [4.78, 5) is 47.3. The van der Waals surface area contributed by atoms with Crippen molar-refractivity contribution in [1.29, 1.82) is 0 Å². The van der Waals surface area contributed by atoms with E-state index in [4.69, 9.17) is 54.9 Å². The zero-order valence-corrected chi connectivity index (χ0v) is 26.8. The summed E-state index contributed by atoms with van der Waals surface area (Å²) >= 11 is 19.3. The van der Waals surface area contributed by atoms with Crippen molar-refractivity contribution in [3.63, 3.8) is 0 Å². The maximum absolute atomic E-state index is 12.3. The van der Waals surface area contributed by atoms with Crippen molar-refractivity contribution in [3.05, 3.63) is 126 Å². The number of ketones is 1. The summed E-state index contributed by atoms with van der Waals surface area (Å²) in [5.41, 5.74) is 2.34. The summed E-state index contributed by atoms with van der Waals surface area (Å²) in [5.74, 6) is -4.05. The minimum Gasteiger partial charge on any atom is -0.479 e. The Morgan fingerprint density at radius 2 is 1.38 bits per heavy atom. The van der Waals surface area contributed by atoms with Crippen LogP contribution in [0.25, 0.3) is 0 Å². The number of fused-ring (bicyclic) bond motifs is 1. The number of thiophene rings is 1. The lowest BCUT2D eigenvalue weighted by Gasteiger charge is -2.33. The molecule has 1 aromatic heterocycles. The Kier molecular flexibility index (Phi) is 13.5. The lowest BCUT2D eigenvalue weighted by molar-refractivity contribution is -0.148. The third-order valence-electron chi connectivity index (χ3n) is 6.57. The number of hydrogen-bond donors (Lipinski definition) is 3. The topological polar surface area (TPSA) is 141 Å². The Balaban J connectivity index is 0.000000198. The van der Waals surface area contributed by atoms with Crippen molar-refractivity contribution in [2.45, 2.75) is 25.1 Å². The van der Waals surface area contributed by atoms with Gasteiger partial charge in [0.1, 0.15) is 6.04 Å². The number of carbonyl (C=O) groups is 4. The number of Topliss-reactive ketones (excluding diaryl/α,β-unsaturated/α-hetero) is 1. The number of ether oxygens (including phenoxy) is 1. The van der Waals surface area contributed by atoms with Gasteiger partial charge in [-0.25, -0.2) is 14.4 Å². The van der Waals surface area contributed by atoms with Crippen molar-refractivity contribution in [3.8, 4) is 0 Å². The van der Waals surface area contributed by atoms with Crippen LogP contribution in [0.1, 0.15) is 44.1 Å². The van der Waals surface area contributed by atoms with Crippen LogP contribution >= 0.6 is 46.1 Å². The Labute approximate surface area is 278 Å². The van der Waals surface area contributed by atoms with Gasteiger partial charge in [0, 0.05) is 39.1 Å². The number of aliphatic carboxylic acids is 2. The van der Waals surface area contributed by atoms with Gasteiger partial charge in [-0.15, -0.1) is 11.3 Å². The summed E-state index contributed by atoms with van der Waals surface area (Å²) in [6.45, 7) is 1.59. The first-order valence-electron chi connectivity index (χ1n) is 13.2. The Morgan fingerprint density at radius 1 is 0.822 bits per heavy atom. The quantitative estimate of drug-likeness (QED) is 0.109. The highest BCUT2D eigenvalue weighted by molar-refractivity contribution is 7.10. The van der Waals surface area contributed by atoms with Gasteiger partial charge in [0.25, 0.3) is 5.78 Å². The van der Waals surface area contributed by atoms with E-state index in [-0.39, 0.29) is 27.1 Å². The first kappa shape index (κ1) is 35.7. The minimum atomic E-state index is -1.54. The number of halogens is 3. The predicted molar refractivity (Wildman–Crippen MR) is 172 cm³/mol. The van der Waals surface area contributed by atoms with Gasteiger partial charge in [-0.2, -0.15) is 0 Å². The van der Waals surface area contributed by atoms with E-state index in [0.717, 1.165) is 25.1 Å². The van der Waals surface area contributed by atoms with Gasteiger partial charge in [0.2, 0.25) is 0 Å². The molecule has 3 aromatic carbocycles. The summed E-state index contributed by atoms with van der Waals surface area (Å²) in [6.07, 6.45) is -0.580. The molecule has 236 valence electrons. The molecule has 0 fully saturated rings. The summed E-state index contributed by atoms with van der Waals surface area (Å²) in [7, 11) is 1.42. The number of aliphatic hydroxyl groups excluding tert-OH is 1. The summed E-state index contributed by atoms with van der Waals surface area (Å²) < 4.78 is 5.01. The molecule has 1 aliphatic rings. The molecule has 45 heavy (non-hydrogen) atoms. The number of carboxylic acid groups (broad SMARTS) is 2. The number of benzene rings is 3. The van der Waals surface area contributed by atoms with Crippen LogP contribution in [-0.4, -0.2) is 57.6 Å². The molecule has 0 radical (unpaired) electrons. The van der Waals surface area contributed by atoms with Gasteiger partial charge in [0.05, 0.1) is 12.1 Å². The monoisotopic (exact) mass is 691 g/mol. The van der Waals surface area contributed by atoms with E-state index >= 15 is 0 Å². The van der Waals surface area contributed by atoms with Crippen molar-refractivity contribution in [2.24, 2.45) is 0 Å². The molecule has 0 aliphatic carbocycles.